The molecule has 0 aromatic rings. The SMILES string of the molecule is CC(C)(C)OC(=O)N1CCC2(CCCC(C#N)C2)C1. The van der Waals surface area contributed by atoms with Crippen molar-refractivity contribution in [2.45, 2.75) is 58.5 Å². The molecule has 4 heteroatoms. The Kier molecular flexibility index (Phi) is 3.75. The molecular weight excluding hydrogens is 240 g/mol. The fourth-order valence-electron chi connectivity index (χ4n) is 3.35. The van der Waals surface area contributed by atoms with E-state index in [2.05, 4.69) is 6.07 Å². The second kappa shape index (κ2) is 5.03. The van der Waals surface area contributed by atoms with Gasteiger partial charge < -0.3 is 9.64 Å². The van der Waals surface area contributed by atoms with Gasteiger partial charge in [0.25, 0.3) is 0 Å². The Bertz CT molecular complexity index is 394. The molecule has 0 radical (unpaired) electrons. The summed E-state index contributed by atoms with van der Waals surface area (Å²) in [5.41, 5.74) is -0.260. The third kappa shape index (κ3) is 3.40. The quantitative estimate of drug-likeness (QED) is 0.674. The van der Waals surface area contributed by atoms with Crippen molar-refractivity contribution in [2.75, 3.05) is 13.1 Å². The average Bonchev–Trinajstić information content (AvgIpc) is 2.71. The summed E-state index contributed by atoms with van der Waals surface area (Å²) < 4.78 is 5.43. The maximum Gasteiger partial charge on any atom is 0.410 e. The molecule has 1 amide bonds. The summed E-state index contributed by atoms with van der Waals surface area (Å²) in [6, 6.07) is 2.40. The van der Waals surface area contributed by atoms with Crippen LogP contribution in [0.5, 0.6) is 0 Å². The maximum absolute atomic E-state index is 12.1. The molecule has 1 aliphatic carbocycles. The fraction of sp³-hybridized carbons (Fsp3) is 0.867. The van der Waals surface area contributed by atoms with Crippen LogP contribution in [0.25, 0.3) is 0 Å². The lowest BCUT2D eigenvalue weighted by molar-refractivity contribution is 0.0258. The van der Waals surface area contributed by atoms with Crippen LogP contribution in [0.1, 0.15) is 52.9 Å². The molecule has 0 aromatic heterocycles. The maximum atomic E-state index is 12.1. The van der Waals surface area contributed by atoms with E-state index < -0.39 is 5.60 Å². The van der Waals surface area contributed by atoms with Crippen LogP contribution in [0.3, 0.4) is 0 Å². The summed E-state index contributed by atoms with van der Waals surface area (Å²) in [6.45, 7) is 7.21. The van der Waals surface area contributed by atoms with Gasteiger partial charge in [0, 0.05) is 19.0 Å². The minimum atomic E-state index is -0.436. The minimum absolute atomic E-state index is 0.173. The number of rotatable bonds is 0. The van der Waals surface area contributed by atoms with Crippen molar-refractivity contribution < 1.29 is 9.53 Å². The van der Waals surface area contributed by atoms with Crippen LogP contribution in [-0.2, 0) is 4.74 Å². The molecule has 0 bridgehead atoms. The first kappa shape index (κ1) is 14.2. The molecule has 2 unspecified atom stereocenters. The van der Waals surface area contributed by atoms with Crippen molar-refractivity contribution in [3.05, 3.63) is 0 Å². The monoisotopic (exact) mass is 264 g/mol. The predicted octanol–water partition coefficient (Wildman–Crippen LogP) is 3.33. The van der Waals surface area contributed by atoms with Crippen molar-refractivity contribution in [3.8, 4) is 6.07 Å². The molecule has 1 saturated carbocycles. The first-order valence-electron chi connectivity index (χ1n) is 7.21. The van der Waals surface area contributed by atoms with Gasteiger partial charge in [-0.25, -0.2) is 4.79 Å². The highest BCUT2D eigenvalue weighted by atomic mass is 16.6. The number of carbonyl (C=O) groups is 1. The van der Waals surface area contributed by atoms with Crippen LogP contribution in [0.4, 0.5) is 4.79 Å². The van der Waals surface area contributed by atoms with E-state index in [1.54, 1.807) is 0 Å². The normalized spacial score (nSPS) is 31.3. The lowest BCUT2D eigenvalue weighted by atomic mass is 9.69. The predicted molar refractivity (Wildman–Crippen MR) is 72.4 cm³/mol. The van der Waals surface area contributed by atoms with E-state index in [0.29, 0.717) is 0 Å². The van der Waals surface area contributed by atoms with Gasteiger partial charge in [-0.1, -0.05) is 6.42 Å². The van der Waals surface area contributed by atoms with Gasteiger partial charge in [0.2, 0.25) is 0 Å². The van der Waals surface area contributed by atoms with Crippen LogP contribution in [0.2, 0.25) is 0 Å². The van der Waals surface area contributed by atoms with Gasteiger partial charge >= 0.3 is 6.09 Å². The Hall–Kier alpha value is -1.24. The molecule has 2 rings (SSSR count). The van der Waals surface area contributed by atoms with Gasteiger partial charge in [0.15, 0.2) is 0 Å². The molecular formula is C15H24N2O2. The van der Waals surface area contributed by atoms with E-state index in [4.69, 9.17) is 10.00 Å². The zero-order valence-corrected chi connectivity index (χ0v) is 12.2. The van der Waals surface area contributed by atoms with E-state index in [0.717, 1.165) is 45.2 Å². The van der Waals surface area contributed by atoms with E-state index in [-0.39, 0.29) is 17.4 Å². The number of nitrogens with zero attached hydrogens (tertiary/aromatic N) is 2. The van der Waals surface area contributed by atoms with Crippen molar-refractivity contribution in [1.82, 2.24) is 4.90 Å². The lowest BCUT2D eigenvalue weighted by Crippen LogP contribution is -2.38. The molecule has 2 aliphatic rings. The van der Waals surface area contributed by atoms with Crippen LogP contribution < -0.4 is 0 Å². The summed E-state index contributed by atoms with van der Waals surface area (Å²) in [4.78, 5) is 13.9. The second-order valence-electron chi connectivity index (χ2n) is 7.07. The third-order valence-corrected chi connectivity index (χ3v) is 4.21. The fourth-order valence-corrected chi connectivity index (χ4v) is 3.35. The standard InChI is InChI=1S/C15H24N2O2/c1-14(2,3)19-13(18)17-8-7-15(11-17)6-4-5-12(9-15)10-16/h12H,4-9,11H2,1-3H3. The van der Waals surface area contributed by atoms with Gasteiger partial charge in [0.1, 0.15) is 5.60 Å². The van der Waals surface area contributed by atoms with Crippen LogP contribution in [0.15, 0.2) is 0 Å². The summed E-state index contributed by atoms with van der Waals surface area (Å²) in [7, 11) is 0. The highest BCUT2D eigenvalue weighted by Crippen LogP contribution is 2.45. The molecule has 1 heterocycles. The first-order chi connectivity index (χ1) is 8.84. The average molecular weight is 264 g/mol. The number of carbonyl (C=O) groups excluding carboxylic acids is 1. The number of hydrogen-bond donors (Lipinski definition) is 0. The Morgan fingerprint density at radius 2 is 2.16 bits per heavy atom. The zero-order chi connectivity index (χ0) is 14.1. The zero-order valence-electron chi connectivity index (χ0n) is 12.2. The smallest absolute Gasteiger partial charge is 0.410 e. The van der Waals surface area contributed by atoms with E-state index in [9.17, 15) is 4.79 Å². The highest BCUT2D eigenvalue weighted by Gasteiger charge is 2.44. The summed E-state index contributed by atoms with van der Waals surface area (Å²) in [5, 5.41) is 9.11. The van der Waals surface area contributed by atoms with Crippen molar-refractivity contribution in [2.24, 2.45) is 11.3 Å². The van der Waals surface area contributed by atoms with Gasteiger partial charge in [-0.15, -0.1) is 0 Å². The number of likely N-dealkylation sites (tertiary alicyclic amines) is 1. The number of amides is 1. The molecule has 106 valence electrons. The van der Waals surface area contributed by atoms with Gasteiger partial charge in [-0.3, -0.25) is 0 Å². The number of nitriles is 1. The van der Waals surface area contributed by atoms with Gasteiger partial charge in [0.05, 0.1) is 6.07 Å². The Balaban J connectivity index is 1.96. The minimum Gasteiger partial charge on any atom is -0.444 e. The molecule has 0 aromatic carbocycles. The Morgan fingerprint density at radius 3 is 2.79 bits per heavy atom. The Morgan fingerprint density at radius 1 is 1.42 bits per heavy atom. The van der Waals surface area contributed by atoms with Crippen molar-refractivity contribution in [3.63, 3.8) is 0 Å². The highest BCUT2D eigenvalue weighted by molar-refractivity contribution is 5.68. The van der Waals surface area contributed by atoms with Crippen LogP contribution >= 0.6 is 0 Å². The molecule has 1 spiro atoms. The number of ether oxygens (including phenoxy) is 1. The molecule has 1 saturated heterocycles. The first-order valence-corrected chi connectivity index (χ1v) is 7.21. The second-order valence-corrected chi connectivity index (χ2v) is 7.07. The third-order valence-electron chi connectivity index (χ3n) is 4.21. The topological polar surface area (TPSA) is 53.3 Å². The van der Waals surface area contributed by atoms with E-state index in [1.807, 2.05) is 25.7 Å². The molecule has 4 nitrogen and oxygen atoms in total. The van der Waals surface area contributed by atoms with Gasteiger partial charge in [-0.2, -0.15) is 5.26 Å². The van der Waals surface area contributed by atoms with Crippen LogP contribution in [-0.4, -0.2) is 29.7 Å². The Labute approximate surface area is 115 Å². The number of hydrogen-bond acceptors (Lipinski definition) is 3. The van der Waals surface area contributed by atoms with Gasteiger partial charge in [-0.05, 0) is 51.9 Å². The van der Waals surface area contributed by atoms with Crippen molar-refractivity contribution >= 4 is 6.09 Å². The molecule has 19 heavy (non-hydrogen) atoms. The van der Waals surface area contributed by atoms with E-state index >= 15 is 0 Å². The van der Waals surface area contributed by atoms with Crippen molar-refractivity contribution in [1.29, 1.82) is 5.26 Å². The molecule has 2 fully saturated rings. The molecule has 2 atom stereocenters. The largest absolute Gasteiger partial charge is 0.444 e. The summed E-state index contributed by atoms with van der Waals surface area (Å²) in [5.74, 6) is 0.173. The molecule has 1 aliphatic heterocycles. The van der Waals surface area contributed by atoms with Crippen LogP contribution in [0, 0.1) is 22.7 Å². The summed E-state index contributed by atoms with van der Waals surface area (Å²) in [6.07, 6.45) is 5.03. The molecule has 0 N–H and O–H groups in total. The summed E-state index contributed by atoms with van der Waals surface area (Å²) >= 11 is 0. The van der Waals surface area contributed by atoms with E-state index in [1.165, 1.54) is 0 Å². The lowest BCUT2D eigenvalue weighted by Gasteiger charge is -2.35.